The van der Waals surface area contributed by atoms with Gasteiger partial charge in [-0.2, -0.15) is 0 Å². The van der Waals surface area contributed by atoms with Gasteiger partial charge in [-0.3, -0.25) is 4.79 Å². The lowest BCUT2D eigenvalue weighted by molar-refractivity contribution is 0.0937. The number of ether oxygens (including phenoxy) is 1. The van der Waals surface area contributed by atoms with Crippen molar-refractivity contribution >= 4 is 21.8 Å². The number of carbonyl (C=O) groups excluding carboxylic acids is 1. The first kappa shape index (κ1) is 17.9. The fraction of sp³-hybridized carbons (Fsp3) is 0.100. The third-order valence-electron chi connectivity index (χ3n) is 3.76. The predicted octanol–water partition coefficient (Wildman–Crippen LogP) is 4.83. The molecule has 0 saturated heterocycles. The number of nitrogens with zero attached hydrogens (tertiary/aromatic N) is 1. The van der Waals surface area contributed by atoms with Gasteiger partial charge in [0, 0.05) is 10.7 Å². The lowest BCUT2D eigenvalue weighted by atomic mass is 10.1. The van der Waals surface area contributed by atoms with E-state index in [4.69, 9.17) is 4.74 Å². The molecule has 1 atom stereocenters. The Morgan fingerprint density at radius 2 is 1.92 bits per heavy atom. The van der Waals surface area contributed by atoms with Gasteiger partial charge in [0.05, 0.1) is 6.04 Å². The van der Waals surface area contributed by atoms with Gasteiger partial charge in [0.2, 0.25) is 5.88 Å². The highest BCUT2D eigenvalue weighted by atomic mass is 79.9. The number of aromatic nitrogens is 1. The molecule has 2 aromatic carbocycles. The average Bonchev–Trinajstić information content (AvgIpc) is 2.64. The van der Waals surface area contributed by atoms with Gasteiger partial charge in [0.15, 0.2) is 0 Å². The third kappa shape index (κ3) is 4.40. The summed E-state index contributed by atoms with van der Waals surface area (Å²) in [6.45, 7) is 1.85. The molecule has 1 aromatic heterocycles. The van der Waals surface area contributed by atoms with Crippen molar-refractivity contribution < 1.29 is 14.6 Å². The number of rotatable bonds is 5. The number of carbonyl (C=O) groups is 1. The van der Waals surface area contributed by atoms with E-state index < -0.39 is 0 Å². The van der Waals surface area contributed by atoms with E-state index in [0.717, 1.165) is 10.0 Å². The first-order valence-electron chi connectivity index (χ1n) is 8.01. The number of hydrogen-bond acceptors (Lipinski definition) is 4. The molecule has 26 heavy (non-hydrogen) atoms. The molecule has 2 N–H and O–H groups in total. The Kier molecular flexibility index (Phi) is 5.53. The molecule has 1 amide bonds. The van der Waals surface area contributed by atoms with Crippen molar-refractivity contribution in [1.82, 2.24) is 10.3 Å². The SMILES string of the molecule is CC(NC(=O)c1cccnc1Oc1ccc(Br)cc1)c1cccc(O)c1. The highest BCUT2D eigenvalue weighted by molar-refractivity contribution is 9.10. The van der Waals surface area contributed by atoms with Crippen molar-refractivity contribution in [2.24, 2.45) is 0 Å². The summed E-state index contributed by atoms with van der Waals surface area (Å²) in [5, 5.41) is 12.5. The maximum atomic E-state index is 12.7. The summed E-state index contributed by atoms with van der Waals surface area (Å²) in [7, 11) is 0. The van der Waals surface area contributed by atoms with Crippen LogP contribution in [0.2, 0.25) is 0 Å². The Hall–Kier alpha value is -2.86. The van der Waals surface area contributed by atoms with Crippen LogP contribution in [-0.4, -0.2) is 16.0 Å². The van der Waals surface area contributed by atoms with Crippen LogP contribution in [0.25, 0.3) is 0 Å². The number of amides is 1. The van der Waals surface area contributed by atoms with Gasteiger partial charge in [0.25, 0.3) is 5.91 Å². The average molecular weight is 413 g/mol. The zero-order valence-electron chi connectivity index (χ0n) is 14.0. The van der Waals surface area contributed by atoms with Crippen LogP contribution in [0.3, 0.4) is 0 Å². The molecule has 0 radical (unpaired) electrons. The molecule has 1 unspecified atom stereocenters. The van der Waals surface area contributed by atoms with Gasteiger partial charge in [-0.05, 0) is 61.0 Å². The number of phenols is 1. The number of halogens is 1. The monoisotopic (exact) mass is 412 g/mol. The maximum Gasteiger partial charge on any atom is 0.257 e. The van der Waals surface area contributed by atoms with E-state index in [9.17, 15) is 9.90 Å². The molecule has 3 rings (SSSR count). The van der Waals surface area contributed by atoms with Gasteiger partial charge < -0.3 is 15.2 Å². The minimum atomic E-state index is -0.305. The van der Waals surface area contributed by atoms with Gasteiger partial charge in [-0.1, -0.05) is 28.1 Å². The second kappa shape index (κ2) is 8.01. The van der Waals surface area contributed by atoms with Gasteiger partial charge in [0.1, 0.15) is 17.1 Å². The Balaban J connectivity index is 1.78. The van der Waals surface area contributed by atoms with Crippen LogP contribution in [0.15, 0.2) is 71.3 Å². The quantitative estimate of drug-likeness (QED) is 0.629. The Morgan fingerprint density at radius 3 is 2.65 bits per heavy atom. The van der Waals surface area contributed by atoms with Crippen LogP contribution in [0.5, 0.6) is 17.4 Å². The van der Waals surface area contributed by atoms with Crippen LogP contribution < -0.4 is 10.1 Å². The smallest absolute Gasteiger partial charge is 0.257 e. The normalized spacial score (nSPS) is 11.6. The van der Waals surface area contributed by atoms with Crippen LogP contribution in [0.4, 0.5) is 0 Å². The van der Waals surface area contributed by atoms with E-state index in [1.165, 1.54) is 0 Å². The molecule has 132 valence electrons. The third-order valence-corrected chi connectivity index (χ3v) is 4.29. The first-order valence-corrected chi connectivity index (χ1v) is 8.80. The summed E-state index contributed by atoms with van der Waals surface area (Å²) in [6, 6.07) is 17.1. The molecule has 0 spiro atoms. The Labute approximate surface area is 159 Å². The number of nitrogens with one attached hydrogen (secondary N) is 1. The largest absolute Gasteiger partial charge is 0.508 e. The molecule has 6 heteroatoms. The number of phenolic OH excluding ortho intramolecular Hbond substituents is 1. The second-order valence-corrected chi connectivity index (χ2v) is 6.62. The van der Waals surface area contributed by atoms with Gasteiger partial charge in [-0.25, -0.2) is 4.98 Å². The minimum absolute atomic E-state index is 0.157. The summed E-state index contributed by atoms with van der Waals surface area (Å²) >= 11 is 3.37. The van der Waals surface area contributed by atoms with E-state index in [1.807, 2.05) is 25.1 Å². The topological polar surface area (TPSA) is 71.5 Å². The summed E-state index contributed by atoms with van der Waals surface area (Å²) in [4.78, 5) is 16.9. The summed E-state index contributed by atoms with van der Waals surface area (Å²) < 4.78 is 6.69. The van der Waals surface area contributed by atoms with Gasteiger partial charge in [-0.15, -0.1) is 0 Å². The Bertz CT molecular complexity index is 913. The van der Waals surface area contributed by atoms with Crippen LogP contribution in [0, 0.1) is 0 Å². The van der Waals surface area contributed by atoms with E-state index >= 15 is 0 Å². The van der Waals surface area contributed by atoms with Crippen LogP contribution >= 0.6 is 15.9 Å². The van der Waals surface area contributed by atoms with Crippen LogP contribution in [-0.2, 0) is 0 Å². The molecule has 0 aliphatic rings. The Morgan fingerprint density at radius 1 is 1.15 bits per heavy atom. The van der Waals surface area contributed by atoms with Crippen molar-refractivity contribution in [3.05, 3.63) is 82.5 Å². The standard InChI is InChI=1S/C20H17BrN2O3/c1-13(14-4-2-5-16(24)12-14)23-19(25)18-6-3-11-22-20(18)26-17-9-7-15(21)8-10-17/h2-13,24H,1H3,(H,23,25). The van der Waals surface area contributed by atoms with E-state index in [-0.39, 0.29) is 23.6 Å². The molecule has 3 aromatic rings. The van der Waals surface area contributed by atoms with Crippen molar-refractivity contribution in [3.8, 4) is 17.4 Å². The first-order chi connectivity index (χ1) is 12.5. The molecule has 0 aliphatic carbocycles. The molecule has 5 nitrogen and oxygen atoms in total. The fourth-order valence-corrected chi connectivity index (χ4v) is 2.68. The lowest BCUT2D eigenvalue weighted by Gasteiger charge is -2.16. The van der Waals surface area contributed by atoms with Crippen molar-refractivity contribution in [3.63, 3.8) is 0 Å². The number of aromatic hydroxyl groups is 1. The molecular weight excluding hydrogens is 396 g/mol. The van der Waals surface area contributed by atoms with Crippen molar-refractivity contribution in [1.29, 1.82) is 0 Å². The highest BCUT2D eigenvalue weighted by Crippen LogP contribution is 2.25. The molecule has 1 heterocycles. The molecular formula is C20H17BrN2O3. The van der Waals surface area contributed by atoms with E-state index in [0.29, 0.717) is 11.3 Å². The minimum Gasteiger partial charge on any atom is -0.508 e. The summed E-state index contributed by atoms with van der Waals surface area (Å²) in [5.74, 6) is 0.669. The van der Waals surface area contributed by atoms with Crippen molar-refractivity contribution in [2.75, 3.05) is 0 Å². The zero-order chi connectivity index (χ0) is 18.5. The maximum absolute atomic E-state index is 12.7. The molecule has 0 aliphatic heterocycles. The lowest BCUT2D eigenvalue weighted by Crippen LogP contribution is -2.27. The number of pyridine rings is 1. The van der Waals surface area contributed by atoms with Crippen molar-refractivity contribution in [2.45, 2.75) is 13.0 Å². The zero-order valence-corrected chi connectivity index (χ0v) is 15.6. The molecule has 0 fully saturated rings. The molecule has 0 saturated carbocycles. The van der Waals surface area contributed by atoms with Crippen LogP contribution in [0.1, 0.15) is 28.9 Å². The van der Waals surface area contributed by atoms with Gasteiger partial charge >= 0.3 is 0 Å². The molecule has 0 bridgehead atoms. The highest BCUT2D eigenvalue weighted by Gasteiger charge is 2.17. The fourth-order valence-electron chi connectivity index (χ4n) is 2.41. The predicted molar refractivity (Wildman–Crippen MR) is 102 cm³/mol. The van der Waals surface area contributed by atoms with E-state index in [2.05, 4.69) is 26.2 Å². The number of hydrogen-bond donors (Lipinski definition) is 2. The summed E-state index contributed by atoms with van der Waals surface area (Å²) in [5.41, 5.74) is 1.14. The summed E-state index contributed by atoms with van der Waals surface area (Å²) in [6.07, 6.45) is 1.57. The second-order valence-electron chi connectivity index (χ2n) is 5.70. The van der Waals surface area contributed by atoms with E-state index in [1.54, 1.807) is 48.7 Å². The number of benzene rings is 2.